The first-order chi connectivity index (χ1) is 27.9. The van der Waals surface area contributed by atoms with Gasteiger partial charge in [0.15, 0.2) is 6.29 Å². The molecule has 0 aromatic rings. The Morgan fingerprint density at radius 2 is 0.965 bits per heavy atom. The summed E-state index contributed by atoms with van der Waals surface area (Å²) in [7, 11) is 0. The van der Waals surface area contributed by atoms with Gasteiger partial charge in [0, 0.05) is 13.0 Å². The molecule has 338 valence electrons. The molecule has 1 saturated heterocycles. The minimum Gasteiger partial charge on any atom is -0.457 e. The second-order valence-corrected chi connectivity index (χ2v) is 16.9. The largest absolute Gasteiger partial charge is 0.457 e. The van der Waals surface area contributed by atoms with Gasteiger partial charge in [-0.25, -0.2) is 0 Å². The van der Waals surface area contributed by atoms with Crippen LogP contribution in [0.4, 0.5) is 0 Å². The van der Waals surface area contributed by atoms with E-state index in [1.54, 1.807) is 0 Å². The standard InChI is InChI=1S/C48H92O9/c1-3-5-7-9-11-13-15-17-19-21-22-23-25-27-29-31-33-35-37-44(50)56-42(41-55-48-47(53)46(52)45(51)43(39-49)57-48)40-54-38-36-34-32-30-28-26-24-20-18-16-14-12-10-8-6-4-2/h19,21,42-43,45-49,51-53H,3-18,20,22-41H2,1-2H3/b21-19-. The van der Waals surface area contributed by atoms with Crippen molar-refractivity contribution in [2.24, 2.45) is 0 Å². The third kappa shape index (κ3) is 31.5. The number of allylic oxidation sites excluding steroid dienone is 2. The van der Waals surface area contributed by atoms with Crippen molar-refractivity contribution in [3.63, 3.8) is 0 Å². The molecule has 0 aromatic carbocycles. The van der Waals surface area contributed by atoms with Crippen molar-refractivity contribution in [3.8, 4) is 0 Å². The summed E-state index contributed by atoms with van der Waals surface area (Å²) in [6.07, 6.45) is 38.1. The van der Waals surface area contributed by atoms with Gasteiger partial charge in [0.1, 0.15) is 30.5 Å². The van der Waals surface area contributed by atoms with Crippen molar-refractivity contribution in [1.29, 1.82) is 0 Å². The maximum absolute atomic E-state index is 12.8. The van der Waals surface area contributed by atoms with Crippen LogP contribution in [0.5, 0.6) is 0 Å². The van der Waals surface area contributed by atoms with Crippen molar-refractivity contribution in [2.45, 2.75) is 263 Å². The monoisotopic (exact) mass is 813 g/mol. The summed E-state index contributed by atoms with van der Waals surface area (Å²) in [6.45, 7) is 4.60. The summed E-state index contributed by atoms with van der Waals surface area (Å²) in [5, 5.41) is 40.2. The molecule has 6 unspecified atom stereocenters. The van der Waals surface area contributed by atoms with Crippen LogP contribution in [-0.4, -0.2) is 89.6 Å². The maximum atomic E-state index is 12.8. The number of aliphatic hydroxyl groups is 4. The molecule has 57 heavy (non-hydrogen) atoms. The molecule has 0 aliphatic carbocycles. The molecule has 0 radical (unpaired) electrons. The molecule has 1 aliphatic rings. The van der Waals surface area contributed by atoms with E-state index in [2.05, 4.69) is 26.0 Å². The molecular formula is C48H92O9. The van der Waals surface area contributed by atoms with Gasteiger partial charge in [-0.2, -0.15) is 0 Å². The van der Waals surface area contributed by atoms with Crippen molar-refractivity contribution < 1.29 is 44.2 Å². The van der Waals surface area contributed by atoms with Crippen molar-refractivity contribution >= 4 is 5.97 Å². The number of rotatable bonds is 42. The molecule has 9 heteroatoms. The fraction of sp³-hybridized carbons (Fsp3) is 0.938. The van der Waals surface area contributed by atoms with Gasteiger partial charge in [-0.1, -0.05) is 193 Å². The fourth-order valence-electron chi connectivity index (χ4n) is 7.61. The second kappa shape index (κ2) is 40.3. The van der Waals surface area contributed by atoms with Crippen LogP contribution in [0.2, 0.25) is 0 Å². The van der Waals surface area contributed by atoms with E-state index in [4.69, 9.17) is 18.9 Å². The molecular weight excluding hydrogens is 721 g/mol. The van der Waals surface area contributed by atoms with E-state index in [1.165, 1.54) is 173 Å². The summed E-state index contributed by atoms with van der Waals surface area (Å²) < 4.78 is 22.9. The first-order valence-corrected chi connectivity index (χ1v) is 24.3. The van der Waals surface area contributed by atoms with Gasteiger partial charge in [-0.05, 0) is 38.5 Å². The number of esters is 1. The number of carbonyl (C=O) groups excluding carboxylic acids is 1. The van der Waals surface area contributed by atoms with Crippen LogP contribution in [0.25, 0.3) is 0 Å². The first-order valence-electron chi connectivity index (χ1n) is 24.3. The Kier molecular flexibility index (Phi) is 38.2. The molecule has 0 amide bonds. The highest BCUT2D eigenvalue weighted by molar-refractivity contribution is 5.69. The maximum Gasteiger partial charge on any atom is 0.306 e. The molecule has 0 aromatic heterocycles. The Balaban J connectivity index is 2.22. The Bertz CT molecular complexity index is 884. The van der Waals surface area contributed by atoms with E-state index in [9.17, 15) is 25.2 Å². The lowest BCUT2D eigenvalue weighted by Gasteiger charge is -2.39. The average molecular weight is 813 g/mol. The lowest BCUT2D eigenvalue weighted by molar-refractivity contribution is -0.305. The molecule has 0 spiro atoms. The topological polar surface area (TPSA) is 135 Å². The lowest BCUT2D eigenvalue weighted by atomic mass is 9.99. The SMILES string of the molecule is CCCCCCCCC/C=C\CCCCCCCCCC(=O)OC(COCCCCCCCCCCCCCCCCCC)COC1OC(CO)C(O)C(O)C1O. The summed E-state index contributed by atoms with van der Waals surface area (Å²) in [6, 6.07) is 0. The number of ether oxygens (including phenoxy) is 4. The number of hydrogen-bond acceptors (Lipinski definition) is 9. The average Bonchev–Trinajstić information content (AvgIpc) is 3.21. The van der Waals surface area contributed by atoms with Crippen molar-refractivity contribution in [2.75, 3.05) is 26.4 Å². The van der Waals surface area contributed by atoms with Gasteiger partial charge >= 0.3 is 5.97 Å². The number of unbranched alkanes of at least 4 members (excludes halogenated alkanes) is 29. The van der Waals surface area contributed by atoms with Crippen LogP contribution >= 0.6 is 0 Å². The van der Waals surface area contributed by atoms with E-state index >= 15 is 0 Å². The zero-order valence-corrected chi connectivity index (χ0v) is 37.1. The van der Waals surface area contributed by atoms with Crippen molar-refractivity contribution in [1.82, 2.24) is 0 Å². The van der Waals surface area contributed by atoms with Crippen molar-refractivity contribution in [3.05, 3.63) is 12.2 Å². The van der Waals surface area contributed by atoms with E-state index in [0.29, 0.717) is 13.0 Å². The van der Waals surface area contributed by atoms with Crippen LogP contribution in [0.1, 0.15) is 226 Å². The Labute approximate surface area is 350 Å². The lowest BCUT2D eigenvalue weighted by Crippen LogP contribution is -2.59. The minimum atomic E-state index is -1.53. The van der Waals surface area contributed by atoms with Gasteiger partial charge in [0.05, 0.1) is 19.8 Å². The molecule has 1 fully saturated rings. The number of carbonyl (C=O) groups is 1. The van der Waals surface area contributed by atoms with Crippen LogP contribution in [-0.2, 0) is 23.7 Å². The van der Waals surface area contributed by atoms with Crippen LogP contribution in [0.3, 0.4) is 0 Å². The Morgan fingerprint density at radius 1 is 0.544 bits per heavy atom. The molecule has 1 heterocycles. The highest BCUT2D eigenvalue weighted by Gasteiger charge is 2.44. The highest BCUT2D eigenvalue weighted by Crippen LogP contribution is 2.23. The Hall–Kier alpha value is -1.07. The summed E-state index contributed by atoms with van der Waals surface area (Å²) in [5.41, 5.74) is 0. The molecule has 6 atom stereocenters. The Morgan fingerprint density at radius 3 is 1.42 bits per heavy atom. The predicted molar refractivity (Wildman–Crippen MR) is 233 cm³/mol. The molecule has 0 saturated carbocycles. The zero-order valence-electron chi connectivity index (χ0n) is 37.1. The third-order valence-corrected chi connectivity index (χ3v) is 11.4. The first kappa shape index (κ1) is 53.9. The number of hydrogen-bond donors (Lipinski definition) is 4. The summed E-state index contributed by atoms with van der Waals surface area (Å²) in [5.74, 6) is -0.313. The van der Waals surface area contributed by atoms with Gasteiger partial charge in [-0.15, -0.1) is 0 Å². The van der Waals surface area contributed by atoms with E-state index in [0.717, 1.165) is 32.1 Å². The normalized spacial score (nSPS) is 20.4. The van der Waals surface area contributed by atoms with Crippen LogP contribution < -0.4 is 0 Å². The van der Waals surface area contributed by atoms with Crippen LogP contribution in [0, 0.1) is 0 Å². The van der Waals surface area contributed by atoms with E-state index in [-0.39, 0.29) is 19.2 Å². The third-order valence-electron chi connectivity index (χ3n) is 11.4. The summed E-state index contributed by atoms with van der Waals surface area (Å²) in [4.78, 5) is 12.8. The quantitative estimate of drug-likeness (QED) is 0.0270. The number of aliphatic hydroxyl groups excluding tert-OH is 4. The van der Waals surface area contributed by atoms with Gasteiger partial charge < -0.3 is 39.4 Å². The molecule has 1 aliphatic heterocycles. The molecule has 9 nitrogen and oxygen atoms in total. The minimum absolute atomic E-state index is 0.109. The van der Waals surface area contributed by atoms with Crippen LogP contribution in [0.15, 0.2) is 12.2 Å². The highest BCUT2D eigenvalue weighted by atomic mass is 16.7. The van der Waals surface area contributed by atoms with Gasteiger partial charge in [0.25, 0.3) is 0 Å². The zero-order chi connectivity index (χ0) is 41.4. The second-order valence-electron chi connectivity index (χ2n) is 16.9. The van der Waals surface area contributed by atoms with E-state index < -0.39 is 43.4 Å². The van der Waals surface area contributed by atoms with E-state index in [1.807, 2.05) is 0 Å². The predicted octanol–water partition coefficient (Wildman–Crippen LogP) is 11.2. The molecule has 4 N–H and O–H groups in total. The van der Waals surface area contributed by atoms with Gasteiger partial charge in [0.2, 0.25) is 0 Å². The summed E-state index contributed by atoms with van der Waals surface area (Å²) >= 11 is 0. The smallest absolute Gasteiger partial charge is 0.306 e. The molecule has 0 bridgehead atoms. The fourth-order valence-corrected chi connectivity index (χ4v) is 7.61. The molecule has 1 rings (SSSR count). The van der Waals surface area contributed by atoms with Gasteiger partial charge in [-0.3, -0.25) is 4.79 Å².